The van der Waals surface area contributed by atoms with Crippen molar-refractivity contribution in [2.45, 2.75) is 13.3 Å². The summed E-state index contributed by atoms with van der Waals surface area (Å²) in [6.45, 7) is 1.88. The van der Waals surface area contributed by atoms with Crippen molar-refractivity contribution in [3.8, 4) is 0 Å². The van der Waals surface area contributed by atoms with Crippen LogP contribution in [0.4, 0.5) is 0 Å². The molecular formula is C3H9NO3. The van der Waals surface area contributed by atoms with Crippen LogP contribution in [0, 0.1) is 10.1 Å². The Balaban J connectivity index is 0. The van der Waals surface area contributed by atoms with Crippen molar-refractivity contribution < 1.29 is 10.4 Å². The van der Waals surface area contributed by atoms with E-state index in [1.54, 1.807) is 6.92 Å². The van der Waals surface area contributed by atoms with Crippen LogP contribution >= 0.6 is 0 Å². The van der Waals surface area contributed by atoms with E-state index in [1.165, 1.54) is 0 Å². The van der Waals surface area contributed by atoms with Crippen LogP contribution in [0.3, 0.4) is 0 Å². The molecule has 4 nitrogen and oxygen atoms in total. The minimum Gasteiger partial charge on any atom is -0.412 e. The molecule has 0 heterocycles. The van der Waals surface area contributed by atoms with E-state index in [9.17, 15) is 10.1 Å². The van der Waals surface area contributed by atoms with Gasteiger partial charge in [-0.25, -0.2) is 0 Å². The van der Waals surface area contributed by atoms with E-state index in [0.717, 1.165) is 0 Å². The van der Waals surface area contributed by atoms with E-state index < -0.39 is 0 Å². The first kappa shape index (κ1) is 9.61. The lowest BCUT2D eigenvalue weighted by Crippen LogP contribution is -1.96. The third-order valence-electron chi connectivity index (χ3n) is 0.406. The summed E-state index contributed by atoms with van der Waals surface area (Å²) in [5.74, 6) is 0. The fourth-order valence-corrected chi connectivity index (χ4v) is 0.183. The van der Waals surface area contributed by atoms with Gasteiger partial charge in [0, 0.05) is 11.3 Å². The molecule has 0 saturated heterocycles. The molecule has 7 heavy (non-hydrogen) atoms. The van der Waals surface area contributed by atoms with Crippen LogP contribution in [0.2, 0.25) is 0 Å². The minimum atomic E-state index is -0.319. The molecule has 2 N–H and O–H groups in total. The highest BCUT2D eigenvalue weighted by Crippen LogP contribution is 1.72. The van der Waals surface area contributed by atoms with Gasteiger partial charge in [-0.3, -0.25) is 10.1 Å². The summed E-state index contributed by atoms with van der Waals surface area (Å²) >= 11 is 0. The van der Waals surface area contributed by atoms with Crippen LogP contribution in [0.5, 0.6) is 0 Å². The average molecular weight is 107 g/mol. The number of hydrogen-bond acceptors (Lipinski definition) is 2. The molecule has 0 radical (unpaired) electrons. The van der Waals surface area contributed by atoms with Crippen LogP contribution < -0.4 is 0 Å². The molecule has 0 saturated carbocycles. The third-order valence-corrected chi connectivity index (χ3v) is 0.406. The lowest BCUT2D eigenvalue weighted by atomic mass is 10.5. The molecule has 0 unspecified atom stereocenters. The predicted molar refractivity (Wildman–Crippen MR) is 25.8 cm³/mol. The first-order chi connectivity index (χ1) is 2.77. The van der Waals surface area contributed by atoms with E-state index in [1.807, 2.05) is 0 Å². The first-order valence-corrected chi connectivity index (χ1v) is 1.89. The lowest BCUT2D eigenvalue weighted by molar-refractivity contribution is -0.479. The summed E-state index contributed by atoms with van der Waals surface area (Å²) in [7, 11) is 0. The van der Waals surface area contributed by atoms with Crippen LogP contribution in [-0.4, -0.2) is 16.9 Å². The molecule has 44 valence electrons. The van der Waals surface area contributed by atoms with Gasteiger partial charge < -0.3 is 5.48 Å². The average Bonchev–Trinajstić information content (AvgIpc) is 1.35. The highest BCUT2D eigenvalue weighted by atomic mass is 16.6. The quantitative estimate of drug-likeness (QED) is 0.363. The summed E-state index contributed by atoms with van der Waals surface area (Å²) in [5, 5.41) is 9.40. The number of nitro groups is 1. The largest absolute Gasteiger partial charge is 0.412 e. The van der Waals surface area contributed by atoms with E-state index in [4.69, 9.17) is 0 Å². The lowest BCUT2D eigenvalue weighted by Gasteiger charge is -1.80. The molecular weight excluding hydrogens is 98.0 g/mol. The van der Waals surface area contributed by atoms with Gasteiger partial charge in [0.1, 0.15) is 0 Å². The highest BCUT2D eigenvalue weighted by molar-refractivity contribution is 4.18. The van der Waals surface area contributed by atoms with Crippen molar-refractivity contribution in [3.63, 3.8) is 0 Å². The summed E-state index contributed by atoms with van der Waals surface area (Å²) in [4.78, 5) is 9.09. The first-order valence-electron chi connectivity index (χ1n) is 1.89. The molecule has 0 atom stereocenters. The van der Waals surface area contributed by atoms with Crippen molar-refractivity contribution in [1.82, 2.24) is 0 Å². The second-order valence-electron chi connectivity index (χ2n) is 1.06. The minimum absolute atomic E-state index is 0. The van der Waals surface area contributed by atoms with Crippen molar-refractivity contribution in [2.75, 3.05) is 6.54 Å². The smallest absolute Gasteiger partial charge is 0.203 e. The molecule has 0 aromatic carbocycles. The molecule has 0 spiro atoms. The SMILES string of the molecule is CCC[N+](=O)[O-].O. The maximum Gasteiger partial charge on any atom is 0.203 e. The van der Waals surface area contributed by atoms with E-state index in [2.05, 4.69) is 0 Å². The van der Waals surface area contributed by atoms with Crippen LogP contribution in [-0.2, 0) is 0 Å². The van der Waals surface area contributed by atoms with Crippen LogP contribution in [0.1, 0.15) is 13.3 Å². The molecule has 0 aromatic heterocycles. The van der Waals surface area contributed by atoms with Gasteiger partial charge in [0.05, 0.1) is 0 Å². The molecule has 4 heteroatoms. The molecule has 0 aromatic rings. The zero-order valence-electron chi connectivity index (χ0n) is 4.18. The monoisotopic (exact) mass is 107 g/mol. The maximum absolute atomic E-state index is 9.40. The van der Waals surface area contributed by atoms with Crippen molar-refractivity contribution >= 4 is 0 Å². The van der Waals surface area contributed by atoms with Crippen molar-refractivity contribution in [1.29, 1.82) is 0 Å². The van der Waals surface area contributed by atoms with Gasteiger partial charge in [0.15, 0.2) is 0 Å². The second-order valence-corrected chi connectivity index (χ2v) is 1.06. The van der Waals surface area contributed by atoms with Gasteiger partial charge >= 0.3 is 0 Å². The van der Waals surface area contributed by atoms with Crippen LogP contribution in [0.15, 0.2) is 0 Å². The van der Waals surface area contributed by atoms with Gasteiger partial charge in [0.25, 0.3) is 0 Å². The summed E-state index contributed by atoms with van der Waals surface area (Å²) in [6.07, 6.45) is 0.632. The molecule has 0 fully saturated rings. The Morgan fingerprint density at radius 1 is 1.71 bits per heavy atom. The van der Waals surface area contributed by atoms with Gasteiger partial charge in [-0.1, -0.05) is 6.92 Å². The molecule has 0 bridgehead atoms. The van der Waals surface area contributed by atoms with Gasteiger partial charge in [-0.05, 0) is 0 Å². The summed E-state index contributed by atoms with van der Waals surface area (Å²) < 4.78 is 0. The molecule has 0 amide bonds. The molecule has 0 aliphatic carbocycles. The third kappa shape index (κ3) is 10.9. The maximum atomic E-state index is 9.40. The van der Waals surface area contributed by atoms with Crippen molar-refractivity contribution in [2.24, 2.45) is 0 Å². The summed E-state index contributed by atoms with van der Waals surface area (Å²) in [5.41, 5.74) is 0. The fraction of sp³-hybridized carbons (Fsp3) is 1.00. The predicted octanol–water partition coefficient (Wildman–Crippen LogP) is -0.152. The fourth-order valence-electron chi connectivity index (χ4n) is 0.183. The summed E-state index contributed by atoms with van der Waals surface area (Å²) in [6, 6.07) is 0. The van der Waals surface area contributed by atoms with Gasteiger partial charge in [0.2, 0.25) is 6.54 Å². The zero-order valence-corrected chi connectivity index (χ0v) is 4.18. The van der Waals surface area contributed by atoms with Gasteiger partial charge in [-0.15, -0.1) is 0 Å². The van der Waals surface area contributed by atoms with Crippen LogP contribution in [0.25, 0.3) is 0 Å². The Bertz CT molecular complexity index is 54.1. The second kappa shape index (κ2) is 5.36. The molecule has 0 aliphatic heterocycles. The highest BCUT2D eigenvalue weighted by Gasteiger charge is 1.85. The Morgan fingerprint density at radius 3 is 2.14 bits per heavy atom. The topological polar surface area (TPSA) is 74.6 Å². The Kier molecular flexibility index (Phi) is 7.36. The standard InChI is InChI=1S/C3H7NO2.H2O/c1-2-3-4(5)6;/h2-3H2,1H3;1H2. The zero-order chi connectivity index (χ0) is 4.99. The Morgan fingerprint density at radius 2 is 2.14 bits per heavy atom. The molecule has 0 rings (SSSR count). The number of rotatable bonds is 2. The van der Waals surface area contributed by atoms with E-state index >= 15 is 0 Å². The Hall–Kier alpha value is -0.640. The normalized spacial score (nSPS) is 7.00. The van der Waals surface area contributed by atoms with Gasteiger partial charge in [-0.2, -0.15) is 0 Å². The Labute approximate surface area is 41.6 Å². The number of nitrogens with zero attached hydrogens (tertiary/aromatic N) is 1. The van der Waals surface area contributed by atoms with Crippen molar-refractivity contribution in [3.05, 3.63) is 10.1 Å². The molecule has 0 aliphatic rings. The number of hydrogen-bond donors (Lipinski definition) is 0. The van der Waals surface area contributed by atoms with E-state index in [-0.39, 0.29) is 16.9 Å². The van der Waals surface area contributed by atoms with E-state index in [0.29, 0.717) is 6.42 Å².